The quantitative estimate of drug-likeness (QED) is 0.877. The summed E-state index contributed by atoms with van der Waals surface area (Å²) in [6, 6.07) is 2.29. The van der Waals surface area contributed by atoms with Crippen LogP contribution in [0.15, 0.2) is 6.07 Å². The Morgan fingerprint density at radius 1 is 1.45 bits per heavy atom. The van der Waals surface area contributed by atoms with E-state index in [1.54, 1.807) is 0 Å². The molecular formula is C15H23NO3S. The minimum Gasteiger partial charge on any atom is -0.481 e. The second-order valence-electron chi connectivity index (χ2n) is 5.43. The molecule has 20 heavy (non-hydrogen) atoms. The number of piperidine rings is 1. The Morgan fingerprint density at radius 3 is 2.70 bits per heavy atom. The number of carbonyl (C=O) groups is 1. The topological polar surface area (TPSA) is 49.8 Å². The Morgan fingerprint density at radius 2 is 2.15 bits per heavy atom. The predicted molar refractivity (Wildman–Crippen MR) is 80.3 cm³/mol. The third-order valence-electron chi connectivity index (χ3n) is 3.74. The molecule has 1 aliphatic rings. The van der Waals surface area contributed by atoms with Gasteiger partial charge in [0.1, 0.15) is 0 Å². The molecule has 1 aromatic rings. The zero-order chi connectivity index (χ0) is 14.5. The van der Waals surface area contributed by atoms with Crippen LogP contribution in [-0.2, 0) is 16.1 Å². The van der Waals surface area contributed by atoms with Gasteiger partial charge in [0, 0.05) is 29.4 Å². The van der Waals surface area contributed by atoms with Gasteiger partial charge in [0.15, 0.2) is 0 Å². The highest BCUT2D eigenvalue weighted by atomic mass is 32.1. The van der Waals surface area contributed by atoms with Gasteiger partial charge >= 0.3 is 5.97 Å². The Bertz CT molecular complexity index is 450. The molecule has 4 nitrogen and oxygen atoms in total. The number of rotatable bonds is 6. The van der Waals surface area contributed by atoms with E-state index in [2.05, 4.69) is 24.8 Å². The summed E-state index contributed by atoms with van der Waals surface area (Å²) in [7, 11) is 0. The molecule has 0 spiro atoms. The van der Waals surface area contributed by atoms with Gasteiger partial charge in [-0.25, -0.2) is 0 Å². The summed E-state index contributed by atoms with van der Waals surface area (Å²) in [5.74, 6) is -0.786. The lowest BCUT2D eigenvalue weighted by Gasteiger charge is -2.31. The van der Waals surface area contributed by atoms with Crippen LogP contribution in [-0.4, -0.2) is 41.8 Å². The maximum atomic E-state index is 10.4. The van der Waals surface area contributed by atoms with Gasteiger partial charge in [-0.3, -0.25) is 9.69 Å². The van der Waals surface area contributed by atoms with Crippen LogP contribution in [0.1, 0.15) is 34.6 Å². The first-order valence-electron chi connectivity index (χ1n) is 7.16. The number of aliphatic carboxylic acids is 1. The maximum absolute atomic E-state index is 10.4. The molecule has 0 radical (unpaired) electrons. The number of aryl methyl sites for hydroxylation is 2. The molecule has 0 saturated carbocycles. The second-order valence-corrected chi connectivity index (χ2v) is 6.89. The van der Waals surface area contributed by atoms with Gasteiger partial charge < -0.3 is 9.84 Å². The Kier molecular flexibility index (Phi) is 5.57. The maximum Gasteiger partial charge on any atom is 0.305 e. The smallest absolute Gasteiger partial charge is 0.305 e. The number of nitrogens with zero attached hydrogens (tertiary/aromatic N) is 1. The highest BCUT2D eigenvalue weighted by Gasteiger charge is 2.20. The number of carboxylic acid groups (broad SMARTS) is 1. The lowest BCUT2D eigenvalue weighted by molar-refractivity contribution is -0.138. The van der Waals surface area contributed by atoms with E-state index in [4.69, 9.17) is 9.84 Å². The van der Waals surface area contributed by atoms with Crippen molar-refractivity contribution in [3.8, 4) is 0 Å². The van der Waals surface area contributed by atoms with Gasteiger partial charge in [0.25, 0.3) is 0 Å². The standard InChI is InChI=1S/C15H23NO3S/c1-11-9-13(12(2)20-11)10-16-6-3-14(4-7-16)19-8-5-15(17)18/h9,14H,3-8,10H2,1-2H3,(H,17,18). The van der Waals surface area contributed by atoms with Gasteiger partial charge in [-0.15, -0.1) is 11.3 Å². The van der Waals surface area contributed by atoms with Crippen molar-refractivity contribution in [1.82, 2.24) is 4.90 Å². The summed E-state index contributed by atoms with van der Waals surface area (Å²) in [5.41, 5.74) is 1.44. The van der Waals surface area contributed by atoms with Crippen molar-refractivity contribution in [2.24, 2.45) is 0 Å². The fourth-order valence-electron chi connectivity index (χ4n) is 2.63. The molecule has 112 valence electrons. The molecule has 0 atom stereocenters. The van der Waals surface area contributed by atoms with Crippen LogP contribution in [0.25, 0.3) is 0 Å². The zero-order valence-corrected chi connectivity index (χ0v) is 13.0. The van der Waals surface area contributed by atoms with Crippen LogP contribution >= 0.6 is 11.3 Å². The first-order valence-corrected chi connectivity index (χ1v) is 7.98. The van der Waals surface area contributed by atoms with E-state index in [0.717, 1.165) is 32.5 Å². The van der Waals surface area contributed by atoms with E-state index in [0.29, 0.717) is 6.61 Å². The Hall–Kier alpha value is -0.910. The van der Waals surface area contributed by atoms with Crippen LogP contribution in [0, 0.1) is 13.8 Å². The van der Waals surface area contributed by atoms with Gasteiger partial charge in [-0.1, -0.05) is 0 Å². The van der Waals surface area contributed by atoms with Crippen molar-refractivity contribution in [2.45, 2.75) is 45.8 Å². The van der Waals surface area contributed by atoms with E-state index >= 15 is 0 Å². The summed E-state index contributed by atoms with van der Waals surface area (Å²) in [6.45, 7) is 7.78. The Labute approximate surface area is 124 Å². The SMILES string of the molecule is Cc1cc(CN2CCC(OCCC(=O)O)CC2)c(C)s1. The zero-order valence-electron chi connectivity index (χ0n) is 12.2. The van der Waals surface area contributed by atoms with Crippen LogP contribution in [0.5, 0.6) is 0 Å². The van der Waals surface area contributed by atoms with Crippen molar-refractivity contribution in [3.05, 3.63) is 21.4 Å². The summed E-state index contributed by atoms with van der Waals surface area (Å²) >= 11 is 1.87. The van der Waals surface area contributed by atoms with Crippen molar-refractivity contribution in [1.29, 1.82) is 0 Å². The molecule has 1 N–H and O–H groups in total. The summed E-state index contributed by atoms with van der Waals surface area (Å²) in [6.07, 6.45) is 2.34. The van der Waals surface area contributed by atoms with Gasteiger partial charge in [0.2, 0.25) is 0 Å². The summed E-state index contributed by atoms with van der Waals surface area (Å²) < 4.78 is 5.61. The number of ether oxygens (including phenoxy) is 1. The van der Waals surface area contributed by atoms with Crippen LogP contribution in [0.4, 0.5) is 0 Å². The van der Waals surface area contributed by atoms with E-state index in [1.165, 1.54) is 15.3 Å². The summed E-state index contributed by atoms with van der Waals surface area (Å²) in [4.78, 5) is 15.7. The van der Waals surface area contributed by atoms with Crippen molar-refractivity contribution in [2.75, 3.05) is 19.7 Å². The fourth-order valence-corrected chi connectivity index (χ4v) is 3.57. The molecule has 1 saturated heterocycles. The third kappa shape index (κ3) is 4.58. The molecule has 5 heteroatoms. The van der Waals surface area contributed by atoms with Gasteiger partial charge in [0.05, 0.1) is 19.1 Å². The molecule has 0 aromatic carbocycles. The second kappa shape index (κ2) is 7.20. The summed E-state index contributed by atoms with van der Waals surface area (Å²) in [5, 5.41) is 8.59. The molecule has 1 aliphatic heterocycles. The van der Waals surface area contributed by atoms with E-state index in [-0.39, 0.29) is 12.5 Å². The number of thiophene rings is 1. The van der Waals surface area contributed by atoms with Crippen LogP contribution in [0.3, 0.4) is 0 Å². The highest BCUT2D eigenvalue weighted by Crippen LogP contribution is 2.23. The number of hydrogen-bond acceptors (Lipinski definition) is 4. The van der Waals surface area contributed by atoms with Crippen LogP contribution in [0.2, 0.25) is 0 Å². The molecular weight excluding hydrogens is 274 g/mol. The minimum absolute atomic E-state index is 0.105. The van der Waals surface area contributed by atoms with Crippen molar-refractivity contribution in [3.63, 3.8) is 0 Å². The first-order chi connectivity index (χ1) is 9.54. The highest BCUT2D eigenvalue weighted by molar-refractivity contribution is 7.12. The first kappa shape index (κ1) is 15.5. The molecule has 2 rings (SSSR count). The molecule has 0 bridgehead atoms. The molecule has 1 aromatic heterocycles. The van der Waals surface area contributed by atoms with E-state index in [1.807, 2.05) is 11.3 Å². The molecule has 0 aliphatic carbocycles. The lowest BCUT2D eigenvalue weighted by Crippen LogP contribution is -2.36. The van der Waals surface area contributed by atoms with E-state index < -0.39 is 5.97 Å². The largest absolute Gasteiger partial charge is 0.481 e. The minimum atomic E-state index is -0.786. The molecule has 0 unspecified atom stereocenters. The van der Waals surface area contributed by atoms with Gasteiger partial charge in [-0.05, 0) is 38.3 Å². The number of hydrogen-bond donors (Lipinski definition) is 1. The Balaban J connectivity index is 1.71. The molecule has 2 heterocycles. The molecule has 1 fully saturated rings. The normalized spacial score (nSPS) is 17.5. The van der Waals surface area contributed by atoms with Gasteiger partial charge in [-0.2, -0.15) is 0 Å². The fraction of sp³-hybridized carbons (Fsp3) is 0.667. The third-order valence-corrected chi connectivity index (χ3v) is 4.75. The van der Waals surface area contributed by atoms with E-state index in [9.17, 15) is 4.79 Å². The average Bonchev–Trinajstić information content (AvgIpc) is 2.69. The number of likely N-dealkylation sites (tertiary alicyclic amines) is 1. The monoisotopic (exact) mass is 297 g/mol. The van der Waals surface area contributed by atoms with Crippen LogP contribution < -0.4 is 0 Å². The van der Waals surface area contributed by atoms with Crippen molar-refractivity contribution < 1.29 is 14.6 Å². The average molecular weight is 297 g/mol. The van der Waals surface area contributed by atoms with Crippen molar-refractivity contribution >= 4 is 17.3 Å². The molecule has 0 amide bonds. The lowest BCUT2D eigenvalue weighted by atomic mass is 10.1. The predicted octanol–water partition coefficient (Wildman–Crippen LogP) is 2.82. The number of carboxylic acids is 1.